The van der Waals surface area contributed by atoms with E-state index in [-0.39, 0.29) is 0 Å². The number of para-hydroxylation sites is 8. The quantitative estimate of drug-likeness (QED) is 0.167. The Morgan fingerprint density at radius 3 is 1.11 bits per heavy atom. The smallest absolute Gasteiger partial charge is 0.151 e. The molecule has 4 heterocycles. The van der Waals surface area contributed by atoms with Gasteiger partial charge < -0.3 is 19.3 Å². The van der Waals surface area contributed by atoms with Crippen molar-refractivity contribution in [2.24, 2.45) is 0 Å². The van der Waals surface area contributed by atoms with Gasteiger partial charge in [-0.3, -0.25) is 0 Å². The van der Waals surface area contributed by atoms with E-state index in [0.29, 0.717) is 0 Å². The number of hydrogen-bond acceptors (Lipinski definition) is 8. The number of anilines is 6. The topological polar surface area (TPSA) is 86.4 Å². The fourth-order valence-corrected chi connectivity index (χ4v) is 7.40. The zero-order valence-corrected chi connectivity index (χ0v) is 29.7. The van der Waals surface area contributed by atoms with E-state index in [4.69, 9.17) is 9.47 Å². The number of benzene rings is 7. The maximum atomic E-state index is 6.23. The molecule has 0 amide bonds. The number of hydrogen-bond donors (Lipinski definition) is 0. The van der Waals surface area contributed by atoms with Crippen LogP contribution in [0.1, 0.15) is 0 Å². The van der Waals surface area contributed by atoms with Crippen molar-refractivity contribution in [2.45, 2.75) is 0 Å². The summed E-state index contributed by atoms with van der Waals surface area (Å²) in [6.45, 7) is 0. The van der Waals surface area contributed by atoms with Crippen molar-refractivity contribution in [2.75, 3.05) is 9.80 Å². The number of ether oxygens (including phenoxy) is 2. The highest BCUT2D eigenvalue weighted by molar-refractivity contribution is 5.88. The predicted octanol–water partition coefficient (Wildman–Crippen LogP) is 11.3. The van der Waals surface area contributed by atoms with Gasteiger partial charge in [-0.15, -0.1) is 10.2 Å². The molecule has 0 spiro atoms. The number of aromatic nitrogens is 6. The lowest BCUT2D eigenvalue weighted by atomic mass is 10.1. The maximum Gasteiger partial charge on any atom is 0.151 e. The lowest BCUT2D eigenvalue weighted by Crippen LogP contribution is -2.15. The molecule has 9 aromatic rings. The van der Waals surface area contributed by atoms with Crippen molar-refractivity contribution in [3.8, 4) is 56.9 Å². The highest BCUT2D eigenvalue weighted by Gasteiger charge is 2.27. The molecule has 0 atom stereocenters. The van der Waals surface area contributed by atoms with E-state index < -0.39 is 0 Å². The highest BCUT2D eigenvalue weighted by atomic mass is 16.5. The molecule has 0 unspecified atom stereocenters. The molecule has 56 heavy (non-hydrogen) atoms. The minimum atomic E-state index is 0.741. The van der Waals surface area contributed by atoms with E-state index in [1.54, 1.807) is 9.36 Å². The van der Waals surface area contributed by atoms with Gasteiger partial charge in [0.15, 0.2) is 23.0 Å². The first-order chi connectivity index (χ1) is 27.7. The summed E-state index contributed by atoms with van der Waals surface area (Å²) in [7, 11) is 0. The van der Waals surface area contributed by atoms with Crippen LogP contribution < -0.4 is 19.3 Å². The van der Waals surface area contributed by atoms with Gasteiger partial charge in [0.25, 0.3) is 0 Å². The SMILES string of the molecule is c1cc(-c2cn(-c3cccc(N4c5ccccc5Oc5ccccc54)c3)nn2)cc(-c2cn(-c3cccc(N4c5ccccc5Oc5ccccc54)c3)nn2)c1. The minimum Gasteiger partial charge on any atom is -0.453 e. The largest absolute Gasteiger partial charge is 0.453 e. The van der Waals surface area contributed by atoms with Gasteiger partial charge in [0.05, 0.1) is 46.5 Å². The van der Waals surface area contributed by atoms with Crippen molar-refractivity contribution in [3.63, 3.8) is 0 Å². The van der Waals surface area contributed by atoms with Gasteiger partial charge in [-0.2, -0.15) is 0 Å². The Morgan fingerprint density at radius 2 is 0.696 bits per heavy atom. The predicted molar refractivity (Wildman–Crippen MR) is 217 cm³/mol. The first-order valence-corrected chi connectivity index (χ1v) is 18.2. The Labute approximate surface area is 321 Å². The normalized spacial score (nSPS) is 12.5. The Kier molecular flexibility index (Phi) is 7.24. The second kappa shape index (κ2) is 12.9. The molecule has 0 bridgehead atoms. The zero-order chi connectivity index (χ0) is 37.0. The van der Waals surface area contributed by atoms with Gasteiger partial charge in [-0.25, -0.2) is 9.36 Å². The van der Waals surface area contributed by atoms with Gasteiger partial charge >= 0.3 is 0 Å². The molecular formula is C46H30N8O2. The summed E-state index contributed by atoms with van der Waals surface area (Å²) < 4.78 is 16.1. The van der Waals surface area contributed by atoms with Crippen LogP contribution in [0.25, 0.3) is 33.9 Å². The molecule has 10 nitrogen and oxygen atoms in total. The van der Waals surface area contributed by atoms with Crippen LogP contribution in [0, 0.1) is 0 Å². The number of rotatable bonds is 6. The molecule has 2 aliphatic heterocycles. The van der Waals surface area contributed by atoms with Crippen LogP contribution in [0.4, 0.5) is 34.1 Å². The van der Waals surface area contributed by atoms with E-state index in [0.717, 1.165) is 91.0 Å². The average molecular weight is 727 g/mol. The molecule has 11 rings (SSSR count). The first-order valence-electron chi connectivity index (χ1n) is 18.2. The van der Waals surface area contributed by atoms with E-state index >= 15 is 0 Å². The summed E-state index contributed by atoms with van der Waals surface area (Å²) >= 11 is 0. The monoisotopic (exact) mass is 726 g/mol. The average Bonchev–Trinajstić information content (AvgIpc) is 3.97. The Hall–Kier alpha value is -7.98. The first kappa shape index (κ1) is 31.5. The Morgan fingerprint density at radius 1 is 0.339 bits per heavy atom. The van der Waals surface area contributed by atoms with Crippen LogP contribution in [0.2, 0.25) is 0 Å². The van der Waals surface area contributed by atoms with E-state index in [2.05, 4.69) is 85.0 Å². The molecule has 0 fully saturated rings. The summed E-state index contributed by atoms with van der Waals surface area (Å²) in [5.74, 6) is 3.22. The van der Waals surface area contributed by atoms with Crippen molar-refractivity contribution in [1.82, 2.24) is 30.0 Å². The highest BCUT2D eigenvalue weighted by Crippen LogP contribution is 2.51. The summed E-state index contributed by atoms with van der Waals surface area (Å²) in [6, 6.07) is 56.9. The van der Waals surface area contributed by atoms with Crippen molar-refractivity contribution in [1.29, 1.82) is 0 Å². The van der Waals surface area contributed by atoms with Crippen LogP contribution in [0.5, 0.6) is 23.0 Å². The van der Waals surface area contributed by atoms with Crippen molar-refractivity contribution in [3.05, 3.63) is 182 Å². The van der Waals surface area contributed by atoms with Crippen LogP contribution in [0.15, 0.2) is 182 Å². The Balaban J connectivity index is 0.878. The molecule has 2 aliphatic rings. The fourth-order valence-electron chi connectivity index (χ4n) is 7.40. The third-order valence-corrected chi connectivity index (χ3v) is 10.0. The summed E-state index contributed by atoms with van der Waals surface area (Å²) in [5.41, 5.74) is 10.9. The Bertz CT molecular complexity index is 2650. The number of fused-ring (bicyclic) bond motifs is 4. The van der Waals surface area contributed by atoms with E-state index in [1.165, 1.54) is 0 Å². The second-order valence-corrected chi connectivity index (χ2v) is 13.5. The molecular weight excluding hydrogens is 697 g/mol. The molecule has 0 saturated heterocycles. The van der Waals surface area contributed by atoms with Crippen LogP contribution >= 0.6 is 0 Å². The van der Waals surface area contributed by atoms with Gasteiger partial charge in [-0.1, -0.05) is 89.3 Å². The molecule has 266 valence electrons. The lowest BCUT2D eigenvalue weighted by Gasteiger charge is -2.32. The van der Waals surface area contributed by atoms with Gasteiger partial charge in [0.2, 0.25) is 0 Å². The van der Waals surface area contributed by atoms with Gasteiger partial charge in [-0.05, 0) is 91.0 Å². The van der Waals surface area contributed by atoms with Crippen LogP contribution in [0.3, 0.4) is 0 Å². The van der Waals surface area contributed by atoms with E-state index in [1.807, 2.05) is 128 Å². The summed E-state index contributed by atoms with van der Waals surface area (Å²) in [4.78, 5) is 4.42. The second-order valence-electron chi connectivity index (χ2n) is 13.5. The molecule has 0 saturated carbocycles. The summed E-state index contributed by atoms with van der Waals surface area (Å²) in [5, 5.41) is 18.2. The standard InChI is InChI=1S/C46H30N8O2/c1-5-22-43-39(18-1)53(40-19-2-6-23-44(40)55-43)35-16-10-14-33(27-35)51-29-37(47-49-51)31-12-9-13-32(26-31)38-30-52(50-48-38)34-15-11-17-36(28-34)54-41-20-3-7-24-45(41)56-46-25-8-4-21-42(46)54/h1-30H. The molecule has 10 heteroatoms. The maximum absolute atomic E-state index is 6.23. The molecule has 0 N–H and O–H groups in total. The summed E-state index contributed by atoms with van der Waals surface area (Å²) in [6.07, 6.45) is 3.90. The van der Waals surface area contributed by atoms with Crippen LogP contribution in [-0.4, -0.2) is 30.0 Å². The van der Waals surface area contributed by atoms with Crippen molar-refractivity contribution >= 4 is 34.1 Å². The number of nitrogens with zero attached hydrogens (tertiary/aromatic N) is 8. The molecule has 7 aromatic carbocycles. The van der Waals surface area contributed by atoms with Crippen molar-refractivity contribution < 1.29 is 9.47 Å². The third-order valence-electron chi connectivity index (χ3n) is 10.0. The molecule has 0 aliphatic carbocycles. The van der Waals surface area contributed by atoms with Gasteiger partial charge in [0.1, 0.15) is 11.4 Å². The van der Waals surface area contributed by atoms with Crippen LogP contribution in [-0.2, 0) is 0 Å². The fraction of sp³-hybridized carbons (Fsp3) is 0. The zero-order valence-electron chi connectivity index (χ0n) is 29.7. The van der Waals surface area contributed by atoms with Gasteiger partial charge in [0, 0.05) is 22.5 Å². The minimum absolute atomic E-state index is 0.741. The van der Waals surface area contributed by atoms with E-state index in [9.17, 15) is 0 Å². The molecule has 2 aromatic heterocycles. The molecule has 0 radical (unpaired) electrons. The lowest BCUT2D eigenvalue weighted by molar-refractivity contribution is 0.476. The third kappa shape index (κ3) is 5.35.